The van der Waals surface area contributed by atoms with E-state index in [-0.39, 0.29) is 18.7 Å². The molecule has 0 aromatic carbocycles. The number of rotatable bonds is 2. The first-order valence-electron chi connectivity index (χ1n) is 3.62. The minimum absolute atomic E-state index is 0.0203. The Labute approximate surface area is 65.1 Å². The molecule has 0 saturated carbocycles. The Morgan fingerprint density at radius 1 is 1.73 bits per heavy atom. The van der Waals surface area contributed by atoms with Crippen LogP contribution in [0.2, 0.25) is 0 Å². The second-order valence-electron chi connectivity index (χ2n) is 2.53. The predicted octanol–water partition coefficient (Wildman–Crippen LogP) is -0.301. The molecule has 1 aliphatic heterocycles. The van der Waals surface area contributed by atoms with Crippen LogP contribution in [0.5, 0.6) is 0 Å². The summed E-state index contributed by atoms with van der Waals surface area (Å²) in [6.07, 6.45) is 0.741. The molecule has 2 atom stereocenters. The summed E-state index contributed by atoms with van der Waals surface area (Å²) in [7, 11) is 1.33. The molecule has 0 aliphatic carbocycles. The van der Waals surface area contributed by atoms with Crippen LogP contribution in [0.1, 0.15) is 12.8 Å². The monoisotopic (exact) mass is 160 g/mol. The molecule has 1 rings (SSSR count). The first-order valence-corrected chi connectivity index (χ1v) is 3.62. The molecule has 0 bridgehead atoms. The molecule has 1 N–H and O–H groups in total. The second-order valence-corrected chi connectivity index (χ2v) is 2.53. The van der Waals surface area contributed by atoms with Gasteiger partial charge in [0, 0.05) is 0 Å². The lowest BCUT2D eigenvalue weighted by Crippen LogP contribution is -2.23. The molecular formula is C7H12O4. The van der Waals surface area contributed by atoms with Crippen molar-refractivity contribution < 1.29 is 19.4 Å². The van der Waals surface area contributed by atoms with Gasteiger partial charge in [-0.1, -0.05) is 0 Å². The van der Waals surface area contributed by atoms with Gasteiger partial charge in [0.2, 0.25) is 0 Å². The third kappa shape index (κ3) is 1.91. The van der Waals surface area contributed by atoms with E-state index in [1.54, 1.807) is 0 Å². The predicted molar refractivity (Wildman–Crippen MR) is 37.0 cm³/mol. The highest BCUT2D eigenvalue weighted by Crippen LogP contribution is 2.19. The van der Waals surface area contributed by atoms with Crippen molar-refractivity contribution in [3.63, 3.8) is 0 Å². The fourth-order valence-electron chi connectivity index (χ4n) is 1.14. The normalized spacial score (nSPS) is 30.4. The largest absolute Gasteiger partial charge is 0.467 e. The zero-order valence-corrected chi connectivity index (χ0v) is 6.45. The topological polar surface area (TPSA) is 55.8 Å². The summed E-state index contributed by atoms with van der Waals surface area (Å²) in [5, 5.41) is 8.66. The lowest BCUT2D eigenvalue weighted by Gasteiger charge is -2.08. The molecule has 1 heterocycles. The van der Waals surface area contributed by atoms with Crippen LogP contribution in [0.3, 0.4) is 0 Å². The van der Waals surface area contributed by atoms with Crippen LogP contribution >= 0.6 is 0 Å². The van der Waals surface area contributed by atoms with Crippen LogP contribution in [0.4, 0.5) is 0 Å². The Kier molecular flexibility index (Phi) is 2.84. The third-order valence-electron chi connectivity index (χ3n) is 1.78. The number of methoxy groups -OCH3 is 1. The number of carbonyl (C=O) groups excluding carboxylic acids is 1. The zero-order chi connectivity index (χ0) is 8.27. The van der Waals surface area contributed by atoms with Gasteiger partial charge in [-0.05, 0) is 12.8 Å². The Morgan fingerprint density at radius 2 is 2.45 bits per heavy atom. The minimum Gasteiger partial charge on any atom is -0.467 e. The molecule has 11 heavy (non-hydrogen) atoms. The molecule has 1 aliphatic rings. The van der Waals surface area contributed by atoms with Crippen molar-refractivity contribution in [2.24, 2.45) is 0 Å². The van der Waals surface area contributed by atoms with Gasteiger partial charge in [0.25, 0.3) is 0 Å². The highest BCUT2D eigenvalue weighted by Gasteiger charge is 2.30. The highest BCUT2D eigenvalue weighted by atomic mass is 16.6. The molecule has 0 aromatic heterocycles. The lowest BCUT2D eigenvalue weighted by atomic mass is 10.2. The molecular weight excluding hydrogens is 148 g/mol. The van der Waals surface area contributed by atoms with Gasteiger partial charge in [-0.3, -0.25) is 0 Å². The fraction of sp³-hybridized carbons (Fsp3) is 0.857. The van der Waals surface area contributed by atoms with Crippen LogP contribution < -0.4 is 0 Å². The number of aliphatic hydroxyl groups is 1. The Balaban J connectivity index is 2.35. The Hall–Kier alpha value is -0.610. The van der Waals surface area contributed by atoms with E-state index in [1.807, 2.05) is 0 Å². The summed E-state index contributed by atoms with van der Waals surface area (Å²) < 4.78 is 9.62. The quantitative estimate of drug-likeness (QED) is 0.563. The number of hydrogen-bond acceptors (Lipinski definition) is 4. The first-order chi connectivity index (χ1) is 5.27. The van der Waals surface area contributed by atoms with E-state index in [0.717, 1.165) is 6.42 Å². The van der Waals surface area contributed by atoms with E-state index in [1.165, 1.54) is 7.11 Å². The zero-order valence-electron chi connectivity index (χ0n) is 6.45. The molecule has 1 saturated heterocycles. The van der Waals surface area contributed by atoms with Crippen molar-refractivity contribution in [2.45, 2.75) is 25.0 Å². The van der Waals surface area contributed by atoms with Crippen molar-refractivity contribution in [3.05, 3.63) is 0 Å². The second kappa shape index (κ2) is 3.69. The van der Waals surface area contributed by atoms with Gasteiger partial charge in [-0.15, -0.1) is 0 Å². The SMILES string of the molecule is COC(=O)[C@@H]1CC[C@@H](CO)O1. The summed E-state index contributed by atoms with van der Waals surface area (Å²) >= 11 is 0. The van der Waals surface area contributed by atoms with Crippen molar-refractivity contribution in [3.8, 4) is 0 Å². The molecule has 0 aromatic rings. The molecule has 0 radical (unpaired) electrons. The smallest absolute Gasteiger partial charge is 0.334 e. The average Bonchev–Trinajstić information content (AvgIpc) is 2.50. The van der Waals surface area contributed by atoms with E-state index in [2.05, 4.69) is 4.74 Å². The van der Waals surface area contributed by atoms with Crippen molar-refractivity contribution in [1.82, 2.24) is 0 Å². The lowest BCUT2D eigenvalue weighted by molar-refractivity contribution is -0.153. The number of aliphatic hydroxyl groups excluding tert-OH is 1. The van der Waals surface area contributed by atoms with Gasteiger partial charge in [-0.25, -0.2) is 4.79 Å². The van der Waals surface area contributed by atoms with Crippen molar-refractivity contribution in [2.75, 3.05) is 13.7 Å². The number of ether oxygens (including phenoxy) is 2. The summed E-state index contributed by atoms with van der Waals surface area (Å²) in [5.41, 5.74) is 0. The molecule has 1 fully saturated rings. The maximum absolute atomic E-state index is 10.8. The molecule has 4 heteroatoms. The summed E-state index contributed by atoms with van der Waals surface area (Å²) in [4.78, 5) is 10.8. The molecule has 0 amide bonds. The van der Waals surface area contributed by atoms with Crippen LogP contribution in [0.25, 0.3) is 0 Å². The summed E-state index contributed by atoms with van der Waals surface area (Å²) in [6, 6.07) is 0. The van der Waals surface area contributed by atoms with Gasteiger partial charge in [0.1, 0.15) is 0 Å². The summed E-state index contributed by atoms with van der Waals surface area (Å²) in [6.45, 7) is -0.0203. The van der Waals surface area contributed by atoms with Crippen LogP contribution in [0.15, 0.2) is 0 Å². The van der Waals surface area contributed by atoms with E-state index in [9.17, 15) is 4.79 Å². The van der Waals surface area contributed by atoms with Crippen molar-refractivity contribution >= 4 is 5.97 Å². The van der Waals surface area contributed by atoms with Gasteiger partial charge in [0.05, 0.1) is 19.8 Å². The fourth-order valence-corrected chi connectivity index (χ4v) is 1.14. The summed E-state index contributed by atoms with van der Waals surface area (Å²) in [5.74, 6) is -0.346. The first kappa shape index (κ1) is 8.49. The van der Waals surface area contributed by atoms with Gasteiger partial charge in [-0.2, -0.15) is 0 Å². The molecule has 64 valence electrons. The van der Waals surface area contributed by atoms with Gasteiger partial charge in [0.15, 0.2) is 6.10 Å². The molecule has 4 nitrogen and oxygen atoms in total. The molecule has 0 spiro atoms. The van der Waals surface area contributed by atoms with E-state index >= 15 is 0 Å². The van der Waals surface area contributed by atoms with Crippen molar-refractivity contribution in [1.29, 1.82) is 0 Å². The molecule has 0 unspecified atom stereocenters. The van der Waals surface area contributed by atoms with E-state index in [4.69, 9.17) is 9.84 Å². The van der Waals surface area contributed by atoms with Gasteiger partial charge >= 0.3 is 5.97 Å². The maximum Gasteiger partial charge on any atom is 0.334 e. The Bertz CT molecular complexity index is 145. The van der Waals surface area contributed by atoms with Crippen LogP contribution in [-0.2, 0) is 14.3 Å². The average molecular weight is 160 g/mol. The van der Waals surface area contributed by atoms with Gasteiger partial charge < -0.3 is 14.6 Å². The number of esters is 1. The number of hydrogen-bond donors (Lipinski definition) is 1. The standard InChI is InChI=1S/C7H12O4/c1-10-7(9)6-3-2-5(4-8)11-6/h5-6,8H,2-4H2,1H3/t5-,6-/m0/s1. The maximum atomic E-state index is 10.8. The third-order valence-corrected chi connectivity index (χ3v) is 1.78. The highest BCUT2D eigenvalue weighted by molar-refractivity contribution is 5.74. The number of carbonyl (C=O) groups is 1. The minimum atomic E-state index is -0.461. The van der Waals surface area contributed by atoms with E-state index < -0.39 is 6.10 Å². The van der Waals surface area contributed by atoms with E-state index in [0.29, 0.717) is 6.42 Å². The van der Waals surface area contributed by atoms with Crippen LogP contribution in [0, 0.1) is 0 Å². The Morgan fingerprint density at radius 3 is 2.91 bits per heavy atom. The van der Waals surface area contributed by atoms with Crippen LogP contribution in [-0.4, -0.2) is 37.0 Å².